The fraction of sp³-hybridized carbons (Fsp3) is 0.444. The normalized spacial score (nSPS) is 15.2. The summed E-state index contributed by atoms with van der Waals surface area (Å²) in [5.74, 6) is 0.00590. The number of hydrogen-bond acceptors (Lipinski definition) is 5. The fourth-order valence-corrected chi connectivity index (χ4v) is 3.49. The minimum Gasteiger partial charge on any atom is -0.384 e. The van der Waals surface area contributed by atoms with Gasteiger partial charge in [0.15, 0.2) is 0 Å². The Bertz CT molecular complexity index is 680. The van der Waals surface area contributed by atoms with Crippen LogP contribution in [-0.2, 0) is 4.74 Å². The third kappa shape index (κ3) is 4.33. The van der Waals surface area contributed by atoms with E-state index in [2.05, 4.69) is 28.6 Å². The van der Waals surface area contributed by atoms with Gasteiger partial charge in [0.25, 0.3) is 5.91 Å². The highest BCUT2D eigenvalue weighted by atomic mass is 32.1. The molecule has 0 spiro atoms. The molecule has 0 atom stereocenters. The molecule has 1 aliphatic rings. The van der Waals surface area contributed by atoms with Crippen molar-refractivity contribution in [2.24, 2.45) is 0 Å². The lowest BCUT2D eigenvalue weighted by Gasteiger charge is -2.22. The Morgan fingerprint density at radius 2 is 2.12 bits per heavy atom. The summed E-state index contributed by atoms with van der Waals surface area (Å²) in [7, 11) is 0. The maximum absolute atomic E-state index is 12.4. The van der Waals surface area contributed by atoms with E-state index in [4.69, 9.17) is 4.74 Å². The van der Waals surface area contributed by atoms with E-state index in [1.165, 1.54) is 11.3 Å². The first-order valence-electron chi connectivity index (χ1n) is 8.42. The smallest absolute Gasteiger partial charge is 0.261 e. The molecular formula is C18H23N3O2S. The van der Waals surface area contributed by atoms with Crippen molar-refractivity contribution in [3.63, 3.8) is 0 Å². The SMILES string of the molecule is CCCNc1cncc(-c2csc(C(=O)NC3CCOCC3)c2)c1. The van der Waals surface area contributed by atoms with E-state index in [0.29, 0.717) is 0 Å². The zero-order chi connectivity index (χ0) is 16.8. The number of nitrogens with zero attached hydrogens (tertiary/aromatic N) is 1. The summed E-state index contributed by atoms with van der Waals surface area (Å²) < 4.78 is 5.33. The van der Waals surface area contributed by atoms with Crippen molar-refractivity contribution in [3.05, 3.63) is 34.8 Å². The molecule has 3 heterocycles. The van der Waals surface area contributed by atoms with Crippen molar-refractivity contribution in [2.75, 3.05) is 25.1 Å². The molecule has 0 aromatic carbocycles. The van der Waals surface area contributed by atoms with E-state index in [1.54, 1.807) is 0 Å². The molecule has 1 amide bonds. The molecule has 5 nitrogen and oxygen atoms in total. The third-order valence-electron chi connectivity index (χ3n) is 4.03. The lowest BCUT2D eigenvalue weighted by Crippen LogP contribution is -2.38. The summed E-state index contributed by atoms with van der Waals surface area (Å²) >= 11 is 1.47. The van der Waals surface area contributed by atoms with Gasteiger partial charge >= 0.3 is 0 Å². The standard InChI is InChI=1S/C18H23N3O2S/c1-2-5-20-16-8-13(10-19-11-16)14-9-17(24-12-14)18(22)21-15-3-6-23-7-4-15/h8-12,15,20H,2-7H2,1H3,(H,21,22). The number of aromatic nitrogens is 1. The Labute approximate surface area is 146 Å². The van der Waals surface area contributed by atoms with Crippen LogP contribution in [-0.4, -0.2) is 36.7 Å². The molecule has 2 N–H and O–H groups in total. The van der Waals surface area contributed by atoms with Gasteiger partial charge in [-0.2, -0.15) is 0 Å². The van der Waals surface area contributed by atoms with Crippen LogP contribution in [0.5, 0.6) is 0 Å². The molecule has 0 bridgehead atoms. The second-order valence-corrected chi connectivity index (χ2v) is 6.86. The molecule has 1 fully saturated rings. The van der Waals surface area contributed by atoms with Crippen molar-refractivity contribution >= 4 is 22.9 Å². The van der Waals surface area contributed by atoms with E-state index < -0.39 is 0 Å². The van der Waals surface area contributed by atoms with E-state index in [9.17, 15) is 4.79 Å². The maximum Gasteiger partial charge on any atom is 0.261 e. The molecule has 2 aromatic rings. The molecule has 1 aliphatic heterocycles. The number of pyridine rings is 1. The van der Waals surface area contributed by atoms with E-state index in [0.717, 1.165) is 60.7 Å². The van der Waals surface area contributed by atoms with E-state index in [-0.39, 0.29) is 11.9 Å². The number of amides is 1. The Kier molecular flexibility index (Phi) is 5.82. The summed E-state index contributed by atoms with van der Waals surface area (Å²) in [5.41, 5.74) is 3.07. The lowest BCUT2D eigenvalue weighted by atomic mass is 10.1. The summed E-state index contributed by atoms with van der Waals surface area (Å²) in [6, 6.07) is 4.24. The van der Waals surface area contributed by atoms with Crippen molar-refractivity contribution in [2.45, 2.75) is 32.2 Å². The second kappa shape index (κ2) is 8.26. The Morgan fingerprint density at radius 3 is 2.92 bits per heavy atom. The molecule has 1 saturated heterocycles. The van der Waals surface area contributed by atoms with Crippen LogP contribution in [0, 0.1) is 0 Å². The number of hydrogen-bond donors (Lipinski definition) is 2. The predicted molar refractivity (Wildman–Crippen MR) is 97.6 cm³/mol. The summed E-state index contributed by atoms with van der Waals surface area (Å²) in [6.45, 7) is 4.51. The highest BCUT2D eigenvalue weighted by Crippen LogP contribution is 2.27. The van der Waals surface area contributed by atoms with Crippen molar-refractivity contribution < 1.29 is 9.53 Å². The molecular weight excluding hydrogens is 322 g/mol. The highest BCUT2D eigenvalue weighted by Gasteiger charge is 2.18. The number of ether oxygens (including phenoxy) is 1. The number of carbonyl (C=O) groups excluding carboxylic acids is 1. The summed E-state index contributed by atoms with van der Waals surface area (Å²) in [6.07, 6.45) is 6.50. The van der Waals surface area contributed by atoms with Gasteiger partial charge < -0.3 is 15.4 Å². The average Bonchev–Trinajstić information content (AvgIpc) is 3.11. The summed E-state index contributed by atoms with van der Waals surface area (Å²) in [5, 5.41) is 8.45. The number of rotatable bonds is 6. The number of nitrogens with one attached hydrogen (secondary N) is 2. The minimum absolute atomic E-state index is 0.00590. The average molecular weight is 345 g/mol. The van der Waals surface area contributed by atoms with Crippen molar-refractivity contribution in [3.8, 4) is 11.1 Å². The monoisotopic (exact) mass is 345 g/mol. The molecule has 128 valence electrons. The van der Waals surface area contributed by atoms with Crippen LogP contribution in [0.1, 0.15) is 35.9 Å². The van der Waals surface area contributed by atoms with Crippen LogP contribution in [0.25, 0.3) is 11.1 Å². The minimum atomic E-state index is 0.00590. The Balaban J connectivity index is 1.67. The van der Waals surface area contributed by atoms with Gasteiger partial charge in [0, 0.05) is 43.8 Å². The van der Waals surface area contributed by atoms with Crippen LogP contribution >= 0.6 is 11.3 Å². The fourth-order valence-electron chi connectivity index (χ4n) is 2.67. The van der Waals surface area contributed by atoms with Gasteiger partial charge in [0.05, 0.1) is 10.6 Å². The molecule has 0 radical (unpaired) electrons. The first-order chi connectivity index (χ1) is 11.8. The lowest BCUT2D eigenvalue weighted by molar-refractivity contribution is 0.0698. The molecule has 3 rings (SSSR count). The molecule has 0 saturated carbocycles. The van der Waals surface area contributed by atoms with Gasteiger partial charge in [-0.15, -0.1) is 11.3 Å². The quantitative estimate of drug-likeness (QED) is 0.840. The van der Waals surface area contributed by atoms with E-state index >= 15 is 0 Å². The highest BCUT2D eigenvalue weighted by molar-refractivity contribution is 7.12. The second-order valence-electron chi connectivity index (χ2n) is 5.95. The zero-order valence-corrected chi connectivity index (χ0v) is 14.7. The van der Waals surface area contributed by atoms with Crippen molar-refractivity contribution in [1.82, 2.24) is 10.3 Å². The van der Waals surface area contributed by atoms with E-state index in [1.807, 2.05) is 23.8 Å². The van der Waals surface area contributed by atoms with Crippen LogP contribution in [0.4, 0.5) is 5.69 Å². The van der Waals surface area contributed by atoms with Gasteiger partial charge in [-0.1, -0.05) is 6.92 Å². The Hall–Kier alpha value is -1.92. The maximum atomic E-state index is 12.4. The van der Waals surface area contributed by atoms with Gasteiger partial charge in [0.2, 0.25) is 0 Å². The van der Waals surface area contributed by atoms with Crippen LogP contribution in [0.2, 0.25) is 0 Å². The van der Waals surface area contributed by atoms with Gasteiger partial charge in [-0.25, -0.2) is 0 Å². The van der Waals surface area contributed by atoms with Crippen LogP contribution in [0.15, 0.2) is 29.9 Å². The summed E-state index contributed by atoms with van der Waals surface area (Å²) in [4.78, 5) is 17.4. The largest absolute Gasteiger partial charge is 0.384 e. The first kappa shape index (κ1) is 16.9. The molecule has 6 heteroatoms. The zero-order valence-electron chi connectivity index (χ0n) is 13.9. The van der Waals surface area contributed by atoms with Gasteiger partial charge in [0.1, 0.15) is 0 Å². The molecule has 0 unspecified atom stereocenters. The van der Waals surface area contributed by atoms with Crippen molar-refractivity contribution in [1.29, 1.82) is 0 Å². The number of thiophene rings is 1. The Morgan fingerprint density at radius 1 is 1.29 bits per heavy atom. The molecule has 2 aromatic heterocycles. The molecule has 0 aliphatic carbocycles. The van der Waals surface area contributed by atoms with Gasteiger partial charge in [-0.3, -0.25) is 9.78 Å². The van der Waals surface area contributed by atoms with Crippen LogP contribution in [0.3, 0.4) is 0 Å². The third-order valence-corrected chi connectivity index (χ3v) is 4.96. The topological polar surface area (TPSA) is 63.2 Å². The predicted octanol–water partition coefficient (Wildman–Crippen LogP) is 3.54. The number of carbonyl (C=O) groups is 1. The van der Waals surface area contributed by atoms with Crippen LogP contribution < -0.4 is 10.6 Å². The molecule has 24 heavy (non-hydrogen) atoms. The number of anilines is 1. The van der Waals surface area contributed by atoms with Gasteiger partial charge in [-0.05, 0) is 42.3 Å². The first-order valence-corrected chi connectivity index (χ1v) is 9.30.